The molecule has 1 saturated heterocycles. The molecular weight excluding hydrogens is 352 g/mol. The number of nitrogens with zero attached hydrogens (tertiary/aromatic N) is 2. The second kappa shape index (κ2) is 8.49. The van der Waals surface area contributed by atoms with E-state index in [1.165, 1.54) is 12.8 Å². The number of rotatable bonds is 5. The van der Waals surface area contributed by atoms with Crippen LogP contribution in [0.15, 0.2) is 10.7 Å². The van der Waals surface area contributed by atoms with Crippen LogP contribution in [0, 0.1) is 17.8 Å². The van der Waals surface area contributed by atoms with E-state index in [1.54, 1.807) is 0 Å². The van der Waals surface area contributed by atoms with Gasteiger partial charge in [-0.25, -0.2) is 4.79 Å². The van der Waals surface area contributed by atoms with Crippen molar-refractivity contribution < 1.29 is 14.3 Å². The van der Waals surface area contributed by atoms with Gasteiger partial charge in [-0.15, -0.1) is 0 Å². The molecule has 0 spiro atoms. The maximum Gasteiger partial charge on any atom is 0.354 e. The van der Waals surface area contributed by atoms with E-state index < -0.39 is 12.3 Å². The van der Waals surface area contributed by atoms with Gasteiger partial charge in [0.25, 0.3) is 0 Å². The molecule has 0 bridgehead atoms. The Bertz CT molecular complexity index is 543. The predicted molar refractivity (Wildman–Crippen MR) is 103 cm³/mol. The molecule has 5 nitrogen and oxygen atoms in total. The molecule has 4 atom stereocenters. The van der Waals surface area contributed by atoms with E-state index in [4.69, 9.17) is 21.1 Å². The van der Waals surface area contributed by atoms with E-state index in [9.17, 15) is 4.79 Å². The lowest BCUT2D eigenvalue weighted by Gasteiger charge is -2.40. The third kappa shape index (κ3) is 4.20. The number of likely N-dealkylation sites (N-methyl/N-ethyl adjacent to an activating group) is 1. The molecule has 26 heavy (non-hydrogen) atoms. The van der Waals surface area contributed by atoms with Crippen LogP contribution in [0.5, 0.6) is 0 Å². The third-order valence-electron chi connectivity index (χ3n) is 6.26. The lowest BCUT2D eigenvalue weighted by Crippen LogP contribution is -2.48. The first-order chi connectivity index (χ1) is 12.4. The summed E-state index contributed by atoms with van der Waals surface area (Å²) < 4.78 is 12.0. The standard InChI is InChI=1S/C20H33ClN2O3/c1-5-22-8-10-23(11-9-22)18-17(21)19(24)26-20(18)25-16-12-14(4)6-7-15(16)13(2)3/h13-16,20H,5-12H2,1-4H3/t14-,15+,16-,20+/m1/s1. The molecule has 3 aliphatic rings. The summed E-state index contributed by atoms with van der Waals surface area (Å²) in [6, 6.07) is 0. The van der Waals surface area contributed by atoms with Gasteiger partial charge in [-0.05, 0) is 37.1 Å². The Morgan fingerprint density at radius 3 is 2.54 bits per heavy atom. The number of ether oxygens (including phenoxy) is 2. The van der Waals surface area contributed by atoms with Gasteiger partial charge in [-0.1, -0.05) is 45.7 Å². The summed E-state index contributed by atoms with van der Waals surface area (Å²) in [5.74, 6) is 1.25. The number of carbonyl (C=O) groups is 1. The van der Waals surface area contributed by atoms with Crippen molar-refractivity contribution in [2.24, 2.45) is 17.8 Å². The zero-order valence-corrected chi connectivity index (χ0v) is 17.3. The van der Waals surface area contributed by atoms with Crippen LogP contribution in [0.3, 0.4) is 0 Å². The zero-order chi connectivity index (χ0) is 18.8. The van der Waals surface area contributed by atoms with Crippen molar-refractivity contribution in [2.75, 3.05) is 32.7 Å². The Balaban J connectivity index is 1.73. The van der Waals surface area contributed by atoms with Crippen molar-refractivity contribution in [3.63, 3.8) is 0 Å². The first kappa shape index (κ1) is 20.0. The second-order valence-electron chi connectivity index (χ2n) is 8.36. The van der Waals surface area contributed by atoms with Crippen molar-refractivity contribution >= 4 is 17.6 Å². The van der Waals surface area contributed by atoms with E-state index in [-0.39, 0.29) is 11.1 Å². The van der Waals surface area contributed by atoms with Gasteiger partial charge in [0.1, 0.15) is 5.70 Å². The summed E-state index contributed by atoms with van der Waals surface area (Å²) in [5, 5.41) is 0.199. The van der Waals surface area contributed by atoms with Crippen molar-refractivity contribution in [3.05, 3.63) is 10.7 Å². The minimum Gasteiger partial charge on any atom is -0.425 e. The molecule has 0 unspecified atom stereocenters. The van der Waals surface area contributed by atoms with Crippen LogP contribution in [-0.4, -0.2) is 60.9 Å². The molecule has 0 N–H and O–H groups in total. The van der Waals surface area contributed by atoms with Crippen LogP contribution in [0.4, 0.5) is 0 Å². The lowest BCUT2D eigenvalue weighted by molar-refractivity contribution is -0.185. The van der Waals surface area contributed by atoms with Gasteiger partial charge in [0.15, 0.2) is 5.03 Å². The molecule has 148 valence electrons. The highest BCUT2D eigenvalue weighted by molar-refractivity contribution is 6.42. The largest absolute Gasteiger partial charge is 0.425 e. The van der Waals surface area contributed by atoms with E-state index in [0.29, 0.717) is 17.8 Å². The van der Waals surface area contributed by atoms with E-state index in [2.05, 4.69) is 37.5 Å². The summed E-state index contributed by atoms with van der Waals surface area (Å²) in [4.78, 5) is 16.7. The monoisotopic (exact) mass is 384 g/mol. The lowest BCUT2D eigenvalue weighted by atomic mass is 9.75. The van der Waals surface area contributed by atoms with Gasteiger partial charge in [0, 0.05) is 26.2 Å². The van der Waals surface area contributed by atoms with Crippen molar-refractivity contribution in [1.29, 1.82) is 0 Å². The van der Waals surface area contributed by atoms with Crippen molar-refractivity contribution in [1.82, 2.24) is 9.80 Å². The fraction of sp³-hybridized carbons (Fsp3) is 0.850. The fourth-order valence-electron chi connectivity index (χ4n) is 4.53. The predicted octanol–water partition coefficient (Wildman–Crippen LogP) is 3.43. The molecular formula is C20H33ClN2O3. The molecule has 0 amide bonds. The number of hydrogen-bond donors (Lipinski definition) is 0. The highest BCUT2D eigenvalue weighted by atomic mass is 35.5. The second-order valence-corrected chi connectivity index (χ2v) is 8.74. The molecule has 0 aromatic heterocycles. The van der Waals surface area contributed by atoms with Gasteiger partial charge < -0.3 is 19.3 Å². The smallest absolute Gasteiger partial charge is 0.354 e. The van der Waals surface area contributed by atoms with Gasteiger partial charge in [0.2, 0.25) is 6.29 Å². The van der Waals surface area contributed by atoms with Crippen molar-refractivity contribution in [3.8, 4) is 0 Å². The zero-order valence-electron chi connectivity index (χ0n) is 16.5. The normalized spacial score (nSPS) is 33.9. The fourth-order valence-corrected chi connectivity index (χ4v) is 4.78. The van der Waals surface area contributed by atoms with E-state index in [0.717, 1.165) is 44.8 Å². The van der Waals surface area contributed by atoms with Gasteiger partial charge in [0.05, 0.1) is 6.10 Å². The Morgan fingerprint density at radius 2 is 1.92 bits per heavy atom. The quantitative estimate of drug-likeness (QED) is 0.679. The highest BCUT2D eigenvalue weighted by Gasteiger charge is 2.42. The van der Waals surface area contributed by atoms with Crippen LogP contribution in [0.2, 0.25) is 0 Å². The Morgan fingerprint density at radius 1 is 1.23 bits per heavy atom. The Labute approximate surface area is 162 Å². The van der Waals surface area contributed by atoms with Gasteiger partial charge in [-0.2, -0.15) is 0 Å². The number of halogens is 1. The number of hydrogen-bond acceptors (Lipinski definition) is 5. The van der Waals surface area contributed by atoms with Crippen LogP contribution >= 0.6 is 11.6 Å². The SMILES string of the molecule is CCN1CCN(C2=C(Cl)C(=O)O[C@@H]2O[C@@H]2C[C@H](C)CC[C@H]2C(C)C)CC1. The summed E-state index contributed by atoms with van der Waals surface area (Å²) in [6.45, 7) is 13.7. The topological polar surface area (TPSA) is 42.0 Å². The Hall–Kier alpha value is -0.780. The summed E-state index contributed by atoms with van der Waals surface area (Å²) in [7, 11) is 0. The molecule has 2 fully saturated rings. The summed E-state index contributed by atoms with van der Waals surface area (Å²) in [5.41, 5.74) is 0.744. The number of cyclic esters (lactones) is 1. The van der Waals surface area contributed by atoms with Crippen molar-refractivity contribution in [2.45, 2.75) is 59.4 Å². The van der Waals surface area contributed by atoms with Gasteiger partial charge >= 0.3 is 5.97 Å². The Kier molecular flexibility index (Phi) is 6.52. The van der Waals surface area contributed by atoms with E-state index in [1.807, 2.05) is 0 Å². The van der Waals surface area contributed by atoms with Crippen LogP contribution in [0.25, 0.3) is 0 Å². The average molecular weight is 385 g/mol. The van der Waals surface area contributed by atoms with Crippen LogP contribution in [-0.2, 0) is 14.3 Å². The number of esters is 1. The molecule has 1 saturated carbocycles. The maximum absolute atomic E-state index is 12.2. The van der Waals surface area contributed by atoms with Gasteiger partial charge in [-0.3, -0.25) is 0 Å². The molecule has 0 radical (unpaired) electrons. The molecule has 1 aliphatic carbocycles. The first-order valence-corrected chi connectivity index (χ1v) is 10.5. The highest BCUT2D eigenvalue weighted by Crippen LogP contribution is 2.39. The molecule has 2 aliphatic heterocycles. The minimum atomic E-state index is -0.653. The average Bonchev–Trinajstić information content (AvgIpc) is 2.88. The molecule has 3 rings (SSSR count). The molecule has 2 heterocycles. The maximum atomic E-state index is 12.2. The van der Waals surface area contributed by atoms with E-state index >= 15 is 0 Å². The van der Waals surface area contributed by atoms with Crippen LogP contribution < -0.4 is 0 Å². The molecule has 0 aromatic rings. The summed E-state index contributed by atoms with van der Waals surface area (Å²) in [6.07, 6.45) is 2.90. The molecule has 0 aromatic carbocycles. The third-order valence-corrected chi connectivity index (χ3v) is 6.61. The minimum absolute atomic E-state index is 0.117. The number of piperazine rings is 1. The summed E-state index contributed by atoms with van der Waals surface area (Å²) >= 11 is 6.34. The first-order valence-electron chi connectivity index (χ1n) is 10.1. The number of carbonyl (C=O) groups excluding carboxylic acids is 1. The molecule has 6 heteroatoms. The van der Waals surface area contributed by atoms with Crippen LogP contribution in [0.1, 0.15) is 47.0 Å².